The van der Waals surface area contributed by atoms with E-state index in [0.717, 1.165) is 43.3 Å². The number of ether oxygens (including phenoxy) is 1. The van der Waals surface area contributed by atoms with Crippen molar-refractivity contribution in [2.45, 2.75) is 57.0 Å². The summed E-state index contributed by atoms with van der Waals surface area (Å²) >= 11 is 0. The van der Waals surface area contributed by atoms with E-state index < -0.39 is 5.54 Å². The van der Waals surface area contributed by atoms with E-state index >= 15 is 0 Å². The summed E-state index contributed by atoms with van der Waals surface area (Å²) in [7, 11) is 0. The average Bonchev–Trinajstić information content (AvgIpc) is 3.28. The molecule has 1 saturated heterocycles. The second-order valence-corrected chi connectivity index (χ2v) is 9.70. The Kier molecular flexibility index (Phi) is 6.32. The van der Waals surface area contributed by atoms with Crippen LogP contribution in [0.5, 0.6) is 0 Å². The van der Waals surface area contributed by atoms with Gasteiger partial charge < -0.3 is 15.4 Å². The van der Waals surface area contributed by atoms with Gasteiger partial charge in [-0.15, -0.1) is 0 Å². The lowest BCUT2D eigenvalue weighted by Gasteiger charge is -2.38. The number of hydrogen-bond donors (Lipinski definition) is 2. The number of carbonyl (C=O) groups is 1. The van der Waals surface area contributed by atoms with E-state index in [0.29, 0.717) is 13.2 Å². The van der Waals surface area contributed by atoms with Crippen molar-refractivity contribution < 1.29 is 9.53 Å². The standard InChI is InChI=1S/C28H33N3O2/c1-20-9-11-23(12-10-20)31-28(14-5-2-6-15-28)27(32)30-26-19-33-18-22(26)17-21-13-16-29-25-8-4-3-7-24(21)25/h3-4,7-13,16,22,26,31H,2,5-6,14-15,17-19H2,1H3,(H,30,32)/t22-,26-/m1/s1. The monoisotopic (exact) mass is 443 g/mol. The van der Waals surface area contributed by atoms with Crippen molar-refractivity contribution in [3.63, 3.8) is 0 Å². The molecular weight excluding hydrogens is 410 g/mol. The molecule has 172 valence electrons. The zero-order chi connectivity index (χ0) is 22.7. The minimum atomic E-state index is -0.552. The number of carbonyl (C=O) groups excluding carboxylic acids is 1. The van der Waals surface area contributed by atoms with Gasteiger partial charge in [0.05, 0.1) is 24.8 Å². The molecule has 0 spiro atoms. The normalized spacial score (nSPS) is 22.2. The van der Waals surface area contributed by atoms with Crippen LogP contribution >= 0.6 is 0 Å². The Hall–Kier alpha value is -2.92. The molecule has 0 bridgehead atoms. The number of aromatic nitrogens is 1. The van der Waals surface area contributed by atoms with E-state index in [2.05, 4.69) is 65.0 Å². The lowest BCUT2D eigenvalue weighted by atomic mass is 9.80. The maximum Gasteiger partial charge on any atom is 0.245 e. The third-order valence-corrected chi connectivity index (χ3v) is 7.31. The van der Waals surface area contributed by atoms with Gasteiger partial charge in [0.1, 0.15) is 5.54 Å². The van der Waals surface area contributed by atoms with Gasteiger partial charge in [-0.3, -0.25) is 9.78 Å². The van der Waals surface area contributed by atoms with Crippen LogP contribution in [0, 0.1) is 12.8 Å². The number of nitrogens with one attached hydrogen (secondary N) is 2. The molecule has 2 aromatic carbocycles. The molecule has 5 rings (SSSR count). The maximum atomic E-state index is 13.7. The number of nitrogens with zero attached hydrogens (tertiary/aromatic N) is 1. The fourth-order valence-corrected chi connectivity index (χ4v) is 5.36. The number of rotatable bonds is 6. The third-order valence-electron chi connectivity index (χ3n) is 7.31. The van der Waals surface area contributed by atoms with E-state index in [1.807, 2.05) is 18.3 Å². The minimum absolute atomic E-state index is 0.0167. The van der Waals surface area contributed by atoms with Gasteiger partial charge in [-0.25, -0.2) is 0 Å². The molecule has 1 saturated carbocycles. The highest BCUT2D eigenvalue weighted by Gasteiger charge is 2.42. The first-order valence-corrected chi connectivity index (χ1v) is 12.2. The van der Waals surface area contributed by atoms with E-state index in [1.54, 1.807) is 0 Å². The Morgan fingerprint density at radius 3 is 2.64 bits per heavy atom. The van der Waals surface area contributed by atoms with Crippen molar-refractivity contribution in [1.29, 1.82) is 0 Å². The molecule has 1 amide bonds. The van der Waals surface area contributed by atoms with Crippen molar-refractivity contribution >= 4 is 22.5 Å². The first kappa shape index (κ1) is 21.9. The molecule has 0 radical (unpaired) electrons. The number of fused-ring (bicyclic) bond motifs is 1. The second kappa shape index (κ2) is 9.52. The number of benzene rings is 2. The molecule has 2 aliphatic rings. The van der Waals surface area contributed by atoms with E-state index in [4.69, 9.17) is 4.74 Å². The van der Waals surface area contributed by atoms with Crippen molar-refractivity contribution in [2.75, 3.05) is 18.5 Å². The van der Waals surface area contributed by atoms with Crippen LogP contribution in [0.15, 0.2) is 60.8 Å². The Labute approximate surface area is 195 Å². The molecule has 33 heavy (non-hydrogen) atoms. The van der Waals surface area contributed by atoms with Gasteiger partial charge in [0.2, 0.25) is 5.91 Å². The van der Waals surface area contributed by atoms with Crippen molar-refractivity contribution in [3.05, 3.63) is 71.9 Å². The molecule has 2 atom stereocenters. The fraction of sp³-hybridized carbons (Fsp3) is 0.429. The smallest absolute Gasteiger partial charge is 0.245 e. The van der Waals surface area contributed by atoms with Gasteiger partial charge in [0.15, 0.2) is 0 Å². The van der Waals surface area contributed by atoms with Crippen molar-refractivity contribution in [1.82, 2.24) is 10.3 Å². The zero-order valence-corrected chi connectivity index (χ0v) is 19.3. The second-order valence-electron chi connectivity index (χ2n) is 9.70. The number of pyridine rings is 1. The van der Waals surface area contributed by atoms with Crippen molar-refractivity contribution in [3.8, 4) is 0 Å². The quantitative estimate of drug-likeness (QED) is 0.561. The molecule has 2 heterocycles. The predicted octanol–water partition coefficient (Wildman–Crippen LogP) is 5.03. The summed E-state index contributed by atoms with van der Waals surface area (Å²) in [5.41, 5.74) is 3.96. The summed E-state index contributed by atoms with van der Waals surface area (Å²) in [6, 6.07) is 18.7. The summed E-state index contributed by atoms with van der Waals surface area (Å²) in [6.07, 6.45) is 7.80. The predicted molar refractivity (Wildman–Crippen MR) is 132 cm³/mol. The largest absolute Gasteiger partial charge is 0.379 e. The molecule has 5 heteroatoms. The van der Waals surface area contributed by atoms with Crippen LogP contribution in [0.4, 0.5) is 5.69 Å². The topological polar surface area (TPSA) is 63.2 Å². The van der Waals surface area contributed by atoms with E-state index in [-0.39, 0.29) is 17.9 Å². The highest BCUT2D eigenvalue weighted by atomic mass is 16.5. The van der Waals surface area contributed by atoms with Crippen molar-refractivity contribution in [2.24, 2.45) is 5.92 Å². The molecule has 1 aliphatic heterocycles. The lowest BCUT2D eigenvalue weighted by Crippen LogP contribution is -2.57. The number of para-hydroxylation sites is 1. The Morgan fingerprint density at radius 1 is 1.03 bits per heavy atom. The lowest BCUT2D eigenvalue weighted by molar-refractivity contribution is -0.127. The van der Waals surface area contributed by atoms with Crippen LogP contribution in [0.25, 0.3) is 10.9 Å². The van der Waals surface area contributed by atoms with Gasteiger partial charge in [0, 0.05) is 23.2 Å². The minimum Gasteiger partial charge on any atom is -0.379 e. The molecule has 3 aromatic rings. The summed E-state index contributed by atoms with van der Waals surface area (Å²) in [5.74, 6) is 0.364. The van der Waals surface area contributed by atoms with E-state index in [9.17, 15) is 4.79 Å². The molecule has 0 unspecified atom stereocenters. The number of hydrogen-bond acceptors (Lipinski definition) is 4. The summed E-state index contributed by atoms with van der Waals surface area (Å²) < 4.78 is 5.86. The summed E-state index contributed by atoms with van der Waals surface area (Å²) in [4.78, 5) is 18.2. The highest BCUT2D eigenvalue weighted by molar-refractivity contribution is 5.90. The highest BCUT2D eigenvalue weighted by Crippen LogP contribution is 2.33. The molecule has 1 aliphatic carbocycles. The van der Waals surface area contributed by atoms with Gasteiger partial charge >= 0.3 is 0 Å². The molecular formula is C28H33N3O2. The maximum absolute atomic E-state index is 13.7. The molecule has 2 fully saturated rings. The van der Waals surface area contributed by atoms with Gasteiger partial charge in [0.25, 0.3) is 0 Å². The number of amides is 1. The average molecular weight is 444 g/mol. The first-order valence-electron chi connectivity index (χ1n) is 12.2. The Morgan fingerprint density at radius 2 is 1.82 bits per heavy atom. The van der Waals surface area contributed by atoms with Crippen LogP contribution in [-0.4, -0.2) is 35.7 Å². The Balaban J connectivity index is 1.32. The number of anilines is 1. The van der Waals surface area contributed by atoms with Crippen LogP contribution < -0.4 is 10.6 Å². The molecule has 2 N–H and O–H groups in total. The molecule has 1 aromatic heterocycles. The zero-order valence-electron chi connectivity index (χ0n) is 19.3. The third kappa shape index (κ3) is 4.74. The van der Waals surface area contributed by atoms with Gasteiger partial charge in [-0.1, -0.05) is 55.2 Å². The Bertz CT molecular complexity index is 1100. The van der Waals surface area contributed by atoms with Crippen LogP contribution in [0.1, 0.15) is 43.2 Å². The SMILES string of the molecule is Cc1ccc(NC2(C(=O)N[C@@H]3COC[C@H]3Cc3ccnc4ccccc34)CCCCC2)cc1. The molecule has 5 nitrogen and oxygen atoms in total. The van der Waals surface area contributed by atoms with Crippen LogP contribution in [-0.2, 0) is 16.0 Å². The van der Waals surface area contributed by atoms with E-state index in [1.165, 1.54) is 22.9 Å². The van der Waals surface area contributed by atoms with Crippen LogP contribution in [0.2, 0.25) is 0 Å². The number of aryl methyl sites for hydroxylation is 1. The summed E-state index contributed by atoms with van der Waals surface area (Å²) in [5, 5.41) is 8.20. The fourth-order valence-electron chi connectivity index (χ4n) is 5.36. The van der Waals surface area contributed by atoms with Gasteiger partial charge in [-0.2, -0.15) is 0 Å². The van der Waals surface area contributed by atoms with Crippen LogP contribution in [0.3, 0.4) is 0 Å². The summed E-state index contributed by atoms with van der Waals surface area (Å²) in [6.45, 7) is 3.32. The van der Waals surface area contributed by atoms with Gasteiger partial charge in [-0.05, 0) is 56.0 Å². The first-order chi connectivity index (χ1) is 16.1.